The van der Waals surface area contributed by atoms with Crippen LogP contribution in [0.1, 0.15) is 32.4 Å². The zero-order valence-corrected chi connectivity index (χ0v) is 14.3. The molecule has 0 bridgehead atoms. The lowest BCUT2D eigenvalue weighted by Crippen LogP contribution is -2.55. The van der Waals surface area contributed by atoms with Crippen LogP contribution in [0, 0.1) is 0 Å². The highest BCUT2D eigenvalue weighted by atomic mass is 32.1. The van der Waals surface area contributed by atoms with Gasteiger partial charge >= 0.3 is 0 Å². The van der Waals surface area contributed by atoms with Crippen molar-refractivity contribution in [1.82, 2.24) is 15.2 Å². The SMILES string of the molecule is CCC1CN(Cc2csc(-c3ccsc3)n2)C(CC)CN1. The van der Waals surface area contributed by atoms with E-state index in [0.717, 1.165) is 24.6 Å². The first-order valence-corrected chi connectivity index (χ1v) is 9.56. The minimum absolute atomic E-state index is 0.628. The van der Waals surface area contributed by atoms with E-state index < -0.39 is 0 Å². The van der Waals surface area contributed by atoms with E-state index in [0.29, 0.717) is 12.1 Å². The Morgan fingerprint density at radius 2 is 2.24 bits per heavy atom. The Balaban J connectivity index is 1.69. The molecule has 2 unspecified atom stereocenters. The van der Waals surface area contributed by atoms with Crippen LogP contribution in [-0.2, 0) is 6.54 Å². The average Bonchev–Trinajstić information content (AvgIpc) is 3.18. The van der Waals surface area contributed by atoms with Crippen LogP contribution in [0.5, 0.6) is 0 Å². The fraction of sp³-hybridized carbons (Fsp3) is 0.562. The molecular weight excluding hydrogens is 298 g/mol. The minimum Gasteiger partial charge on any atom is -0.311 e. The summed E-state index contributed by atoms with van der Waals surface area (Å²) in [6.07, 6.45) is 2.40. The molecule has 21 heavy (non-hydrogen) atoms. The molecule has 1 aliphatic rings. The van der Waals surface area contributed by atoms with Gasteiger partial charge in [-0.2, -0.15) is 11.3 Å². The van der Waals surface area contributed by atoms with Gasteiger partial charge < -0.3 is 5.32 Å². The quantitative estimate of drug-likeness (QED) is 0.907. The second kappa shape index (κ2) is 7.01. The highest BCUT2D eigenvalue weighted by Gasteiger charge is 2.26. The summed E-state index contributed by atoms with van der Waals surface area (Å²) in [6, 6.07) is 3.42. The number of thiazole rings is 1. The Morgan fingerprint density at radius 3 is 2.95 bits per heavy atom. The molecule has 0 amide bonds. The number of nitrogens with zero attached hydrogens (tertiary/aromatic N) is 2. The van der Waals surface area contributed by atoms with Crippen molar-refractivity contribution in [3.63, 3.8) is 0 Å². The smallest absolute Gasteiger partial charge is 0.124 e. The van der Waals surface area contributed by atoms with Gasteiger partial charge in [0.05, 0.1) is 5.69 Å². The predicted molar refractivity (Wildman–Crippen MR) is 92.0 cm³/mol. The summed E-state index contributed by atoms with van der Waals surface area (Å²) < 4.78 is 0. The Bertz CT molecular complexity index is 550. The van der Waals surface area contributed by atoms with E-state index in [-0.39, 0.29) is 0 Å². The molecule has 1 aliphatic heterocycles. The first-order valence-electron chi connectivity index (χ1n) is 7.74. The van der Waals surface area contributed by atoms with Gasteiger partial charge in [0.1, 0.15) is 5.01 Å². The molecule has 114 valence electrons. The third-order valence-corrected chi connectivity index (χ3v) is 5.89. The van der Waals surface area contributed by atoms with Gasteiger partial charge in [-0.15, -0.1) is 11.3 Å². The molecule has 0 spiro atoms. The molecule has 0 radical (unpaired) electrons. The van der Waals surface area contributed by atoms with E-state index in [1.165, 1.54) is 24.1 Å². The Hall–Kier alpha value is -0.750. The predicted octanol–water partition coefficient (Wildman–Crippen LogP) is 3.83. The Kier molecular flexibility index (Phi) is 5.06. The van der Waals surface area contributed by atoms with E-state index >= 15 is 0 Å². The van der Waals surface area contributed by atoms with Crippen molar-refractivity contribution >= 4 is 22.7 Å². The molecule has 0 aromatic carbocycles. The van der Waals surface area contributed by atoms with E-state index in [2.05, 4.69) is 46.3 Å². The normalized spacial score (nSPS) is 23.5. The number of hydrogen-bond donors (Lipinski definition) is 1. The molecule has 0 aliphatic carbocycles. The molecule has 1 fully saturated rings. The van der Waals surface area contributed by atoms with Gasteiger partial charge in [-0.25, -0.2) is 4.98 Å². The highest BCUT2D eigenvalue weighted by Crippen LogP contribution is 2.26. The zero-order chi connectivity index (χ0) is 14.7. The fourth-order valence-corrected chi connectivity index (χ4v) is 4.43. The van der Waals surface area contributed by atoms with Crippen LogP contribution >= 0.6 is 22.7 Å². The van der Waals surface area contributed by atoms with E-state index in [1.807, 2.05) is 0 Å². The summed E-state index contributed by atoms with van der Waals surface area (Å²) in [7, 11) is 0. The largest absolute Gasteiger partial charge is 0.311 e. The lowest BCUT2D eigenvalue weighted by atomic mass is 10.1. The number of hydrogen-bond acceptors (Lipinski definition) is 5. The molecule has 2 aromatic heterocycles. The molecular formula is C16H23N3S2. The summed E-state index contributed by atoms with van der Waals surface area (Å²) in [5, 5.41) is 11.3. The van der Waals surface area contributed by atoms with Crippen LogP contribution in [0.15, 0.2) is 22.2 Å². The first-order chi connectivity index (χ1) is 10.3. The number of thiophene rings is 1. The van der Waals surface area contributed by atoms with Crippen LogP contribution in [0.25, 0.3) is 10.6 Å². The Morgan fingerprint density at radius 1 is 1.33 bits per heavy atom. The van der Waals surface area contributed by atoms with E-state index in [4.69, 9.17) is 4.98 Å². The third kappa shape index (κ3) is 3.54. The first kappa shape index (κ1) is 15.2. The molecule has 3 nitrogen and oxygen atoms in total. The van der Waals surface area contributed by atoms with Crippen molar-refractivity contribution in [2.75, 3.05) is 13.1 Å². The van der Waals surface area contributed by atoms with Gasteiger partial charge in [0, 0.05) is 48.0 Å². The van der Waals surface area contributed by atoms with Crippen molar-refractivity contribution in [3.05, 3.63) is 27.9 Å². The minimum atomic E-state index is 0.628. The van der Waals surface area contributed by atoms with Crippen LogP contribution < -0.4 is 5.32 Å². The van der Waals surface area contributed by atoms with Gasteiger partial charge in [0.2, 0.25) is 0 Å². The van der Waals surface area contributed by atoms with Gasteiger partial charge in [-0.3, -0.25) is 4.90 Å². The van der Waals surface area contributed by atoms with E-state index in [9.17, 15) is 0 Å². The lowest BCUT2D eigenvalue weighted by Gasteiger charge is -2.39. The molecule has 3 rings (SSSR count). The highest BCUT2D eigenvalue weighted by molar-refractivity contribution is 7.14. The van der Waals surface area contributed by atoms with Crippen LogP contribution in [0.4, 0.5) is 0 Å². The van der Waals surface area contributed by atoms with Gasteiger partial charge in [-0.1, -0.05) is 13.8 Å². The van der Waals surface area contributed by atoms with Crippen molar-refractivity contribution in [2.24, 2.45) is 0 Å². The maximum atomic E-state index is 4.83. The maximum absolute atomic E-state index is 4.83. The second-order valence-corrected chi connectivity index (χ2v) is 7.30. The summed E-state index contributed by atoms with van der Waals surface area (Å²) in [5.41, 5.74) is 2.48. The fourth-order valence-electron chi connectivity index (χ4n) is 2.90. The number of aromatic nitrogens is 1. The van der Waals surface area contributed by atoms with E-state index in [1.54, 1.807) is 22.7 Å². The van der Waals surface area contributed by atoms with Crippen LogP contribution in [0.2, 0.25) is 0 Å². The molecule has 1 N–H and O–H groups in total. The number of piperazine rings is 1. The summed E-state index contributed by atoms with van der Waals surface area (Å²) >= 11 is 3.50. The third-order valence-electron chi connectivity index (χ3n) is 4.26. The molecule has 3 heterocycles. The Labute approximate surface area is 135 Å². The topological polar surface area (TPSA) is 28.2 Å². The van der Waals surface area contributed by atoms with Gasteiger partial charge in [-0.05, 0) is 24.3 Å². The molecule has 2 atom stereocenters. The summed E-state index contributed by atoms with van der Waals surface area (Å²) in [4.78, 5) is 7.44. The van der Waals surface area contributed by atoms with Crippen LogP contribution in [0.3, 0.4) is 0 Å². The summed E-state index contributed by atoms with van der Waals surface area (Å²) in [6.45, 7) is 7.78. The molecule has 5 heteroatoms. The maximum Gasteiger partial charge on any atom is 0.124 e. The monoisotopic (exact) mass is 321 g/mol. The molecule has 2 aromatic rings. The standard InChI is InChI=1S/C16H23N3S2/c1-3-13-8-19(15(4-2)7-17-13)9-14-11-21-16(18-14)12-5-6-20-10-12/h5-6,10-11,13,15,17H,3-4,7-9H2,1-2H3. The van der Waals surface area contributed by atoms with Crippen molar-refractivity contribution in [2.45, 2.75) is 45.3 Å². The average molecular weight is 322 g/mol. The number of nitrogens with one attached hydrogen (secondary N) is 1. The van der Waals surface area contributed by atoms with Crippen LogP contribution in [-0.4, -0.2) is 35.1 Å². The number of rotatable bonds is 5. The second-order valence-electron chi connectivity index (χ2n) is 5.66. The van der Waals surface area contributed by atoms with Crippen molar-refractivity contribution in [1.29, 1.82) is 0 Å². The molecule has 0 saturated carbocycles. The summed E-state index contributed by atoms with van der Waals surface area (Å²) in [5.74, 6) is 0. The van der Waals surface area contributed by atoms with Gasteiger partial charge in [0.15, 0.2) is 0 Å². The van der Waals surface area contributed by atoms with Gasteiger partial charge in [0.25, 0.3) is 0 Å². The lowest BCUT2D eigenvalue weighted by molar-refractivity contribution is 0.116. The van der Waals surface area contributed by atoms with Crippen molar-refractivity contribution in [3.8, 4) is 10.6 Å². The van der Waals surface area contributed by atoms with Crippen molar-refractivity contribution < 1.29 is 0 Å². The zero-order valence-electron chi connectivity index (χ0n) is 12.7. The molecule has 1 saturated heterocycles.